The van der Waals surface area contributed by atoms with Gasteiger partial charge in [-0.15, -0.1) is 0 Å². The fourth-order valence-corrected chi connectivity index (χ4v) is 5.29. The van der Waals surface area contributed by atoms with Crippen molar-refractivity contribution >= 4 is 5.91 Å². The van der Waals surface area contributed by atoms with Crippen LogP contribution in [-0.2, 0) is 4.79 Å². The van der Waals surface area contributed by atoms with Gasteiger partial charge in [0.1, 0.15) is 0 Å². The first kappa shape index (κ1) is 48.8. The summed E-state index contributed by atoms with van der Waals surface area (Å²) < 4.78 is 0. The van der Waals surface area contributed by atoms with Gasteiger partial charge in [-0.05, 0) is 83.5 Å². The van der Waals surface area contributed by atoms with Gasteiger partial charge < -0.3 is 15.5 Å². The summed E-state index contributed by atoms with van der Waals surface area (Å²) in [6, 6.07) is -0.628. The standard InChI is InChI=1S/C48H77NO3/c1-3-5-7-8-9-10-11-12-13-14-15-16-17-18-19-20-21-22-23-24-25-26-27-28-29-30-31-32-33-34-35-36-37-38-39-40-42-44-48(52)49-46(45-50)47(51)43-41-6-4-2/h5,7,9-10,12-13,15-16,18-19,21-22,24-25,27-28,30-31,41,43,46-47,50-51H,3-4,6,8,11,14,17,20,23,26,29,32-40,42,44-45H2,1-2H3,(H,49,52)/b7-5-,10-9-,13-12-,16-15-,19-18-,22-21-,25-24-,28-27-,31-30-,43-41+. The van der Waals surface area contributed by atoms with Gasteiger partial charge in [0.25, 0.3) is 0 Å². The summed E-state index contributed by atoms with van der Waals surface area (Å²) in [5.41, 5.74) is 0. The van der Waals surface area contributed by atoms with Gasteiger partial charge >= 0.3 is 0 Å². The quantitative estimate of drug-likeness (QED) is 0.0452. The molecule has 0 bridgehead atoms. The monoisotopic (exact) mass is 716 g/mol. The normalized spacial score (nSPS) is 14.3. The van der Waals surface area contributed by atoms with E-state index in [4.69, 9.17) is 0 Å². The molecule has 0 aromatic rings. The highest BCUT2D eigenvalue weighted by Crippen LogP contribution is 2.12. The fourth-order valence-electron chi connectivity index (χ4n) is 5.29. The van der Waals surface area contributed by atoms with Crippen LogP contribution in [0.25, 0.3) is 0 Å². The number of rotatable bonds is 35. The van der Waals surface area contributed by atoms with Crippen molar-refractivity contribution in [2.24, 2.45) is 0 Å². The number of allylic oxidation sites excluding steroid dienone is 19. The van der Waals surface area contributed by atoms with Gasteiger partial charge in [0, 0.05) is 6.42 Å². The number of amides is 1. The molecule has 0 aliphatic heterocycles. The Kier molecular flexibility index (Phi) is 39.6. The summed E-state index contributed by atoms with van der Waals surface area (Å²) in [5.74, 6) is -0.0902. The van der Waals surface area contributed by atoms with Crippen LogP contribution >= 0.6 is 0 Å². The van der Waals surface area contributed by atoms with Gasteiger partial charge in [0.2, 0.25) is 5.91 Å². The zero-order valence-electron chi connectivity index (χ0n) is 33.3. The molecule has 4 nitrogen and oxygen atoms in total. The van der Waals surface area contributed by atoms with Crippen molar-refractivity contribution in [3.8, 4) is 0 Å². The lowest BCUT2D eigenvalue weighted by Crippen LogP contribution is -2.45. The Bertz CT molecular complexity index is 1080. The third kappa shape index (κ3) is 38.0. The molecule has 0 rings (SSSR count). The Labute approximate surface area is 320 Å². The Morgan fingerprint density at radius 1 is 0.481 bits per heavy atom. The summed E-state index contributed by atoms with van der Waals surface area (Å²) in [6.07, 6.45) is 66.6. The molecular weight excluding hydrogens is 639 g/mol. The average Bonchev–Trinajstić information content (AvgIpc) is 3.15. The third-order valence-corrected chi connectivity index (χ3v) is 8.43. The van der Waals surface area contributed by atoms with Crippen LogP contribution in [0.4, 0.5) is 0 Å². The second kappa shape index (κ2) is 42.2. The van der Waals surface area contributed by atoms with E-state index in [1.807, 2.05) is 6.08 Å². The van der Waals surface area contributed by atoms with E-state index in [2.05, 4.69) is 129 Å². The van der Waals surface area contributed by atoms with Crippen LogP contribution < -0.4 is 5.32 Å². The predicted octanol–water partition coefficient (Wildman–Crippen LogP) is 13.0. The summed E-state index contributed by atoms with van der Waals surface area (Å²) in [6.45, 7) is 3.97. The van der Waals surface area contributed by atoms with Crippen LogP contribution in [0.1, 0.15) is 155 Å². The Morgan fingerprint density at radius 3 is 1.23 bits per heavy atom. The average molecular weight is 716 g/mol. The van der Waals surface area contributed by atoms with E-state index in [0.29, 0.717) is 6.42 Å². The molecule has 0 saturated carbocycles. The Balaban J connectivity index is 3.58. The molecule has 292 valence electrons. The number of unbranched alkanes of at least 4 members (excludes halogenated alkanes) is 10. The third-order valence-electron chi connectivity index (χ3n) is 8.43. The number of aliphatic hydroxyl groups is 2. The number of hydrogen-bond donors (Lipinski definition) is 3. The largest absolute Gasteiger partial charge is 0.394 e. The lowest BCUT2D eigenvalue weighted by molar-refractivity contribution is -0.123. The molecule has 4 heteroatoms. The van der Waals surface area contributed by atoms with Crippen molar-refractivity contribution in [1.29, 1.82) is 0 Å². The van der Waals surface area contributed by atoms with Gasteiger partial charge in [-0.25, -0.2) is 0 Å². The summed E-state index contributed by atoms with van der Waals surface area (Å²) >= 11 is 0. The van der Waals surface area contributed by atoms with Crippen LogP contribution in [0.2, 0.25) is 0 Å². The van der Waals surface area contributed by atoms with Crippen LogP contribution in [0.15, 0.2) is 122 Å². The van der Waals surface area contributed by atoms with Crippen molar-refractivity contribution in [3.63, 3.8) is 0 Å². The molecule has 52 heavy (non-hydrogen) atoms. The molecule has 1 amide bonds. The van der Waals surface area contributed by atoms with E-state index in [0.717, 1.165) is 89.9 Å². The highest BCUT2D eigenvalue weighted by Gasteiger charge is 2.17. The smallest absolute Gasteiger partial charge is 0.220 e. The number of carbonyl (C=O) groups is 1. The minimum atomic E-state index is -0.845. The first-order chi connectivity index (χ1) is 25.7. The first-order valence-corrected chi connectivity index (χ1v) is 20.7. The highest BCUT2D eigenvalue weighted by atomic mass is 16.3. The molecule has 0 spiro atoms. The van der Waals surface area contributed by atoms with Crippen molar-refractivity contribution in [2.75, 3.05) is 6.61 Å². The highest BCUT2D eigenvalue weighted by molar-refractivity contribution is 5.76. The number of carbonyl (C=O) groups excluding carboxylic acids is 1. The molecule has 0 aromatic heterocycles. The Hall–Kier alpha value is -3.21. The molecule has 0 aromatic carbocycles. The molecule has 0 fully saturated rings. The molecule has 2 unspecified atom stereocenters. The van der Waals surface area contributed by atoms with Crippen LogP contribution in [0.3, 0.4) is 0 Å². The number of aliphatic hydroxyl groups excluding tert-OH is 2. The molecule has 0 aliphatic carbocycles. The molecule has 2 atom stereocenters. The van der Waals surface area contributed by atoms with Gasteiger partial charge in [0.05, 0.1) is 18.8 Å². The van der Waals surface area contributed by atoms with Crippen LogP contribution in [0.5, 0.6) is 0 Å². The van der Waals surface area contributed by atoms with Gasteiger partial charge in [-0.3, -0.25) is 4.79 Å². The second-order valence-corrected chi connectivity index (χ2v) is 13.3. The maximum atomic E-state index is 12.2. The maximum absolute atomic E-state index is 12.2. The van der Waals surface area contributed by atoms with Crippen LogP contribution in [-0.4, -0.2) is 34.9 Å². The second-order valence-electron chi connectivity index (χ2n) is 13.3. The molecule has 0 saturated heterocycles. The zero-order valence-corrected chi connectivity index (χ0v) is 33.3. The SMILES string of the molecule is CC/C=C\C/C=C\C/C=C\C/C=C\C/C=C\C/C=C\C/C=C\C/C=C\C/C=C\CCCCCCCCCCCC(=O)NC(CO)C(O)/C=C/CCC. The van der Waals surface area contributed by atoms with E-state index in [1.54, 1.807) is 6.08 Å². The molecule has 0 aliphatic rings. The summed E-state index contributed by atoms with van der Waals surface area (Å²) in [7, 11) is 0. The van der Waals surface area contributed by atoms with Gasteiger partial charge in [-0.2, -0.15) is 0 Å². The van der Waals surface area contributed by atoms with E-state index in [-0.39, 0.29) is 12.5 Å². The van der Waals surface area contributed by atoms with Gasteiger partial charge in [-0.1, -0.05) is 187 Å². The van der Waals surface area contributed by atoms with Crippen molar-refractivity contribution in [2.45, 2.75) is 167 Å². The number of hydrogen-bond acceptors (Lipinski definition) is 3. The maximum Gasteiger partial charge on any atom is 0.220 e. The minimum absolute atomic E-state index is 0.0902. The topological polar surface area (TPSA) is 69.6 Å². The van der Waals surface area contributed by atoms with Gasteiger partial charge in [0.15, 0.2) is 0 Å². The van der Waals surface area contributed by atoms with E-state index in [1.165, 1.54) is 44.9 Å². The van der Waals surface area contributed by atoms with Crippen molar-refractivity contribution in [3.05, 3.63) is 122 Å². The summed E-state index contributed by atoms with van der Waals surface area (Å²) in [4.78, 5) is 12.2. The molecular formula is C48H77NO3. The van der Waals surface area contributed by atoms with E-state index < -0.39 is 12.1 Å². The Morgan fingerprint density at radius 2 is 0.846 bits per heavy atom. The van der Waals surface area contributed by atoms with Crippen molar-refractivity contribution in [1.82, 2.24) is 5.32 Å². The van der Waals surface area contributed by atoms with E-state index in [9.17, 15) is 15.0 Å². The van der Waals surface area contributed by atoms with Crippen LogP contribution in [0, 0.1) is 0 Å². The lowest BCUT2D eigenvalue weighted by atomic mass is 10.1. The predicted molar refractivity (Wildman–Crippen MR) is 229 cm³/mol. The molecule has 0 radical (unpaired) electrons. The fraction of sp³-hybridized carbons (Fsp3) is 0.562. The van der Waals surface area contributed by atoms with E-state index >= 15 is 0 Å². The number of nitrogens with one attached hydrogen (secondary N) is 1. The molecule has 0 heterocycles. The minimum Gasteiger partial charge on any atom is -0.394 e. The summed E-state index contributed by atoms with van der Waals surface area (Å²) in [5, 5.41) is 22.4. The zero-order chi connectivity index (χ0) is 37.8. The van der Waals surface area contributed by atoms with Crippen molar-refractivity contribution < 1.29 is 15.0 Å². The molecule has 3 N–H and O–H groups in total. The lowest BCUT2D eigenvalue weighted by Gasteiger charge is -2.19. The first-order valence-electron chi connectivity index (χ1n) is 20.7.